The van der Waals surface area contributed by atoms with E-state index in [1.54, 1.807) is 49.6 Å². The quantitative estimate of drug-likeness (QED) is 0.372. The van der Waals surface area contributed by atoms with E-state index in [2.05, 4.69) is 5.32 Å². The van der Waals surface area contributed by atoms with Gasteiger partial charge in [-0.25, -0.2) is 9.69 Å². The van der Waals surface area contributed by atoms with E-state index in [1.165, 1.54) is 6.08 Å². The summed E-state index contributed by atoms with van der Waals surface area (Å²) in [5.74, 6) is -0.251. The second-order valence-electron chi connectivity index (χ2n) is 7.72. The van der Waals surface area contributed by atoms with Crippen molar-refractivity contribution in [2.75, 3.05) is 18.6 Å². The summed E-state index contributed by atoms with van der Waals surface area (Å²) in [6.07, 6.45) is 1.94. The first-order valence-electron chi connectivity index (χ1n) is 11.0. The van der Waals surface area contributed by atoms with E-state index in [0.717, 1.165) is 16.0 Å². The molecule has 0 spiro atoms. The van der Waals surface area contributed by atoms with Gasteiger partial charge >= 0.3 is 6.03 Å². The van der Waals surface area contributed by atoms with Crippen LogP contribution in [0.1, 0.15) is 23.6 Å². The van der Waals surface area contributed by atoms with Crippen molar-refractivity contribution in [1.82, 2.24) is 5.32 Å². The first-order valence-corrected chi connectivity index (χ1v) is 11.3. The normalized spacial score (nSPS) is 14.8. The number of rotatable bonds is 7. The van der Waals surface area contributed by atoms with Gasteiger partial charge in [0.2, 0.25) is 0 Å². The van der Waals surface area contributed by atoms with Gasteiger partial charge in [-0.05, 0) is 78.6 Å². The summed E-state index contributed by atoms with van der Waals surface area (Å²) >= 11 is 6.35. The van der Waals surface area contributed by atoms with Gasteiger partial charge in [0.05, 0.1) is 19.4 Å². The molecule has 0 aromatic heterocycles. The van der Waals surface area contributed by atoms with Gasteiger partial charge in [0.1, 0.15) is 17.1 Å². The summed E-state index contributed by atoms with van der Waals surface area (Å²) in [4.78, 5) is 39.4. The zero-order chi connectivity index (χ0) is 24.9. The number of carbonyl (C=O) groups excluding carboxylic acids is 3. The molecule has 3 aromatic carbocycles. The molecule has 1 aliphatic rings. The van der Waals surface area contributed by atoms with E-state index in [9.17, 15) is 14.4 Å². The minimum atomic E-state index is -0.813. The molecule has 35 heavy (non-hydrogen) atoms. The van der Waals surface area contributed by atoms with E-state index in [0.29, 0.717) is 40.8 Å². The van der Waals surface area contributed by atoms with Crippen molar-refractivity contribution < 1.29 is 23.9 Å². The first-order chi connectivity index (χ1) is 16.9. The average molecular weight is 491 g/mol. The standard InChI is InChI=1S/C27H23ClN2O5/c1-3-35-21-12-9-20(10-13-21)30-26(32)23(25(31)29-27(30)33)16-17-8-11-22(34-2)15-19(17)14-18-6-4-5-7-24(18)28/h4-13,15-16H,3,14H2,1-2H3,(H,29,31,33)/b23-16+. The average Bonchev–Trinajstić information content (AvgIpc) is 2.85. The maximum absolute atomic E-state index is 13.3. The Labute approximate surface area is 207 Å². The van der Waals surface area contributed by atoms with Crippen molar-refractivity contribution in [2.45, 2.75) is 13.3 Å². The number of methoxy groups -OCH3 is 1. The smallest absolute Gasteiger partial charge is 0.335 e. The van der Waals surface area contributed by atoms with Crippen molar-refractivity contribution in [3.63, 3.8) is 0 Å². The van der Waals surface area contributed by atoms with E-state index in [-0.39, 0.29) is 5.57 Å². The molecular weight excluding hydrogens is 468 g/mol. The summed E-state index contributed by atoms with van der Waals surface area (Å²) in [7, 11) is 1.56. The van der Waals surface area contributed by atoms with Gasteiger partial charge in [-0.3, -0.25) is 14.9 Å². The Morgan fingerprint density at radius 3 is 2.34 bits per heavy atom. The maximum atomic E-state index is 13.3. The molecule has 178 valence electrons. The molecule has 0 bridgehead atoms. The Morgan fingerprint density at radius 2 is 1.66 bits per heavy atom. The highest BCUT2D eigenvalue weighted by Crippen LogP contribution is 2.28. The fourth-order valence-corrected chi connectivity index (χ4v) is 3.96. The fraction of sp³-hybridized carbons (Fsp3) is 0.148. The fourth-order valence-electron chi connectivity index (χ4n) is 3.76. The van der Waals surface area contributed by atoms with Crippen LogP contribution in [0.5, 0.6) is 11.5 Å². The number of anilines is 1. The molecular formula is C27H23ClN2O5. The molecule has 1 saturated heterocycles. The van der Waals surface area contributed by atoms with Crippen LogP contribution in [0.15, 0.2) is 72.3 Å². The van der Waals surface area contributed by atoms with Crippen LogP contribution in [0.2, 0.25) is 5.02 Å². The molecule has 0 atom stereocenters. The monoisotopic (exact) mass is 490 g/mol. The van der Waals surface area contributed by atoms with Gasteiger partial charge in [-0.15, -0.1) is 0 Å². The number of halogens is 1. The third-order valence-electron chi connectivity index (χ3n) is 5.50. The number of barbiturate groups is 1. The Bertz CT molecular complexity index is 1320. The number of amides is 4. The molecule has 7 nitrogen and oxygen atoms in total. The first kappa shape index (κ1) is 24.0. The van der Waals surface area contributed by atoms with Crippen LogP contribution in [0.4, 0.5) is 10.5 Å². The molecule has 0 unspecified atom stereocenters. The zero-order valence-electron chi connectivity index (χ0n) is 19.2. The minimum Gasteiger partial charge on any atom is -0.497 e. The molecule has 1 fully saturated rings. The van der Waals surface area contributed by atoms with E-state index < -0.39 is 17.8 Å². The number of nitrogens with zero attached hydrogens (tertiary/aromatic N) is 1. The number of hydrogen-bond acceptors (Lipinski definition) is 5. The van der Waals surface area contributed by atoms with Crippen LogP contribution in [-0.2, 0) is 16.0 Å². The Morgan fingerprint density at radius 1 is 0.943 bits per heavy atom. The lowest BCUT2D eigenvalue weighted by molar-refractivity contribution is -0.122. The summed E-state index contributed by atoms with van der Waals surface area (Å²) in [5.41, 5.74) is 2.47. The summed E-state index contributed by atoms with van der Waals surface area (Å²) in [6.45, 7) is 2.35. The van der Waals surface area contributed by atoms with Crippen LogP contribution in [0.3, 0.4) is 0 Å². The molecule has 4 rings (SSSR count). The largest absolute Gasteiger partial charge is 0.497 e. The highest BCUT2D eigenvalue weighted by Gasteiger charge is 2.37. The lowest BCUT2D eigenvalue weighted by Gasteiger charge is -2.26. The van der Waals surface area contributed by atoms with Gasteiger partial charge in [0.15, 0.2) is 0 Å². The number of ether oxygens (including phenoxy) is 2. The second kappa shape index (κ2) is 10.4. The van der Waals surface area contributed by atoms with Crippen molar-refractivity contribution in [3.8, 4) is 11.5 Å². The lowest BCUT2D eigenvalue weighted by atomic mass is 9.97. The van der Waals surface area contributed by atoms with Crippen LogP contribution < -0.4 is 19.7 Å². The van der Waals surface area contributed by atoms with Crippen LogP contribution in [-0.4, -0.2) is 31.6 Å². The highest BCUT2D eigenvalue weighted by molar-refractivity contribution is 6.39. The summed E-state index contributed by atoms with van der Waals surface area (Å²) < 4.78 is 10.8. The number of hydrogen-bond donors (Lipinski definition) is 1. The van der Waals surface area contributed by atoms with Crippen molar-refractivity contribution in [3.05, 3.63) is 94.0 Å². The third kappa shape index (κ3) is 5.20. The van der Waals surface area contributed by atoms with Crippen LogP contribution in [0, 0.1) is 0 Å². The second-order valence-corrected chi connectivity index (χ2v) is 8.12. The van der Waals surface area contributed by atoms with Gasteiger partial charge in [0.25, 0.3) is 11.8 Å². The third-order valence-corrected chi connectivity index (χ3v) is 5.87. The van der Waals surface area contributed by atoms with Crippen molar-refractivity contribution in [2.24, 2.45) is 0 Å². The van der Waals surface area contributed by atoms with Gasteiger partial charge in [0, 0.05) is 5.02 Å². The van der Waals surface area contributed by atoms with Gasteiger partial charge in [-0.2, -0.15) is 0 Å². The lowest BCUT2D eigenvalue weighted by Crippen LogP contribution is -2.54. The van der Waals surface area contributed by atoms with E-state index >= 15 is 0 Å². The molecule has 0 radical (unpaired) electrons. The van der Waals surface area contributed by atoms with E-state index in [1.807, 2.05) is 31.2 Å². The number of nitrogens with one attached hydrogen (secondary N) is 1. The predicted octanol–water partition coefficient (Wildman–Crippen LogP) is 5.00. The molecule has 1 heterocycles. The number of urea groups is 1. The summed E-state index contributed by atoms with van der Waals surface area (Å²) in [5, 5.41) is 2.86. The number of carbonyl (C=O) groups is 3. The topological polar surface area (TPSA) is 84.9 Å². The molecule has 1 aliphatic heterocycles. The molecule has 8 heteroatoms. The van der Waals surface area contributed by atoms with Crippen LogP contribution in [0.25, 0.3) is 6.08 Å². The minimum absolute atomic E-state index is 0.163. The zero-order valence-corrected chi connectivity index (χ0v) is 20.0. The Balaban J connectivity index is 1.72. The van der Waals surface area contributed by atoms with Crippen molar-refractivity contribution >= 4 is 41.2 Å². The SMILES string of the molecule is CCOc1ccc(N2C(=O)NC(=O)/C(=C\c3ccc(OC)cc3Cc3ccccc3Cl)C2=O)cc1. The molecule has 0 aliphatic carbocycles. The highest BCUT2D eigenvalue weighted by atomic mass is 35.5. The maximum Gasteiger partial charge on any atom is 0.335 e. The van der Waals surface area contributed by atoms with Crippen molar-refractivity contribution in [1.29, 1.82) is 0 Å². The predicted molar refractivity (Wildman–Crippen MR) is 134 cm³/mol. The van der Waals surface area contributed by atoms with Gasteiger partial charge in [-0.1, -0.05) is 35.9 Å². The summed E-state index contributed by atoms with van der Waals surface area (Å²) in [6, 6.07) is 18.4. The molecule has 1 N–H and O–H groups in total. The van der Waals surface area contributed by atoms with Crippen LogP contribution >= 0.6 is 11.6 Å². The van der Waals surface area contributed by atoms with Gasteiger partial charge < -0.3 is 9.47 Å². The van der Waals surface area contributed by atoms with E-state index in [4.69, 9.17) is 21.1 Å². The molecule has 0 saturated carbocycles. The Hall–Kier alpha value is -4.10. The molecule has 4 amide bonds. The number of benzene rings is 3. The number of imide groups is 2. The Kier molecular flexibility index (Phi) is 7.17. The molecule has 3 aromatic rings.